The number of aliphatic hydroxyl groups is 1. The van der Waals surface area contributed by atoms with Crippen molar-refractivity contribution in [1.29, 1.82) is 0 Å². The summed E-state index contributed by atoms with van der Waals surface area (Å²) in [6, 6.07) is 11.2. The van der Waals surface area contributed by atoms with Gasteiger partial charge in [-0.25, -0.2) is 0 Å². The Hall–Kier alpha value is -0.860. The van der Waals surface area contributed by atoms with E-state index in [0.29, 0.717) is 17.4 Å². The van der Waals surface area contributed by atoms with Crippen molar-refractivity contribution in [3.8, 4) is 0 Å². The van der Waals surface area contributed by atoms with E-state index in [9.17, 15) is 5.11 Å². The molecule has 0 spiro atoms. The largest absolute Gasteiger partial charge is 0.395 e. The molecule has 1 fully saturated rings. The van der Waals surface area contributed by atoms with E-state index in [0.717, 1.165) is 6.42 Å². The summed E-state index contributed by atoms with van der Waals surface area (Å²) in [5.74, 6) is 0.705. The predicted octanol–water partition coefficient (Wildman–Crippen LogP) is 3.78. The smallest absolute Gasteiger partial charge is 0.0587 e. The van der Waals surface area contributed by atoms with Crippen LogP contribution in [0.4, 0.5) is 0 Å². The lowest BCUT2D eigenvalue weighted by molar-refractivity contribution is 0.111. The summed E-state index contributed by atoms with van der Waals surface area (Å²) in [4.78, 5) is 0. The van der Waals surface area contributed by atoms with Crippen LogP contribution in [0.5, 0.6) is 0 Å². The van der Waals surface area contributed by atoms with Gasteiger partial charge in [-0.05, 0) is 36.2 Å². The zero-order valence-corrected chi connectivity index (χ0v) is 13.8. The first-order chi connectivity index (χ1) is 10.0. The third-order valence-corrected chi connectivity index (χ3v) is 4.87. The Kier molecular flexibility index (Phi) is 5.83. The minimum absolute atomic E-state index is 0.167. The van der Waals surface area contributed by atoms with Gasteiger partial charge in [-0.1, -0.05) is 63.9 Å². The molecule has 0 aromatic heterocycles. The number of rotatable bonds is 5. The Labute approximate surface area is 130 Å². The number of benzene rings is 1. The Balaban J connectivity index is 1.99. The highest BCUT2D eigenvalue weighted by Gasteiger charge is 2.34. The standard InChI is InChI=1S/C19H31NO/c1-19(2,3)17-11-7-8-12-18(17)20-16(14-21)13-15-9-5-4-6-10-15/h4-6,9-10,16-18,20-21H,7-8,11-14H2,1-3H3/t16-,17?,18?/m1/s1. The lowest BCUT2D eigenvalue weighted by atomic mass is 9.69. The summed E-state index contributed by atoms with van der Waals surface area (Å²) in [5, 5.41) is 13.5. The molecule has 1 aromatic rings. The highest BCUT2D eigenvalue weighted by atomic mass is 16.3. The molecule has 1 aliphatic carbocycles. The summed E-state index contributed by atoms with van der Waals surface area (Å²) in [6.07, 6.45) is 6.12. The first-order valence-electron chi connectivity index (χ1n) is 8.41. The van der Waals surface area contributed by atoms with E-state index in [1.807, 2.05) is 6.07 Å². The number of hydrogen-bond acceptors (Lipinski definition) is 2. The van der Waals surface area contributed by atoms with E-state index in [2.05, 4.69) is 50.4 Å². The van der Waals surface area contributed by atoms with Crippen LogP contribution in [0.15, 0.2) is 30.3 Å². The molecule has 118 valence electrons. The van der Waals surface area contributed by atoms with E-state index in [4.69, 9.17) is 0 Å². The fourth-order valence-electron chi connectivity index (χ4n) is 3.74. The van der Waals surface area contributed by atoms with Gasteiger partial charge in [-0.3, -0.25) is 0 Å². The third-order valence-electron chi connectivity index (χ3n) is 4.87. The van der Waals surface area contributed by atoms with Crippen molar-refractivity contribution in [3.05, 3.63) is 35.9 Å². The maximum absolute atomic E-state index is 9.74. The molecule has 1 saturated carbocycles. The van der Waals surface area contributed by atoms with Crippen molar-refractivity contribution >= 4 is 0 Å². The van der Waals surface area contributed by atoms with Crippen LogP contribution in [-0.2, 0) is 6.42 Å². The minimum atomic E-state index is 0.167. The van der Waals surface area contributed by atoms with Crippen molar-refractivity contribution in [1.82, 2.24) is 5.32 Å². The average Bonchev–Trinajstić information content (AvgIpc) is 2.47. The highest BCUT2D eigenvalue weighted by molar-refractivity contribution is 5.16. The lowest BCUT2D eigenvalue weighted by Crippen LogP contribution is -2.50. The normalized spacial score (nSPS) is 24.8. The van der Waals surface area contributed by atoms with E-state index >= 15 is 0 Å². The Morgan fingerprint density at radius 1 is 1.14 bits per heavy atom. The van der Waals surface area contributed by atoms with Crippen LogP contribution in [0, 0.1) is 11.3 Å². The van der Waals surface area contributed by atoms with Gasteiger partial charge in [0.2, 0.25) is 0 Å². The van der Waals surface area contributed by atoms with Crippen LogP contribution in [0.2, 0.25) is 0 Å². The molecule has 3 atom stereocenters. The molecule has 0 heterocycles. The van der Waals surface area contributed by atoms with E-state index in [1.165, 1.54) is 31.2 Å². The van der Waals surface area contributed by atoms with Crippen molar-refractivity contribution in [2.75, 3.05) is 6.61 Å². The second-order valence-electron chi connectivity index (χ2n) is 7.60. The third kappa shape index (κ3) is 4.82. The van der Waals surface area contributed by atoms with Gasteiger partial charge in [0.15, 0.2) is 0 Å². The fourth-order valence-corrected chi connectivity index (χ4v) is 3.74. The molecule has 2 N–H and O–H groups in total. The molecular formula is C19H31NO. The number of aliphatic hydroxyl groups excluding tert-OH is 1. The van der Waals surface area contributed by atoms with Gasteiger partial charge >= 0.3 is 0 Å². The molecule has 1 aliphatic rings. The molecule has 1 aromatic carbocycles. The average molecular weight is 289 g/mol. The zero-order valence-electron chi connectivity index (χ0n) is 13.8. The fraction of sp³-hybridized carbons (Fsp3) is 0.684. The predicted molar refractivity (Wildman–Crippen MR) is 89.4 cm³/mol. The quantitative estimate of drug-likeness (QED) is 0.864. The molecule has 0 saturated heterocycles. The van der Waals surface area contributed by atoms with Crippen molar-refractivity contribution in [2.24, 2.45) is 11.3 Å². The minimum Gasteiger partial charge on any atom is -0.395 e. The zero-order chi connectivity index (χ0) is 15.3. The first kappa shape index (κ1) is 16.5. The van der Waals surface area contributed by atoms with E-state index < -0.39 is 0 Å². The number of nitrogens with one attached hydrogen (secondary N) is 1. The van der Waals surface area contributed by atoms with Gasteiger partial charge in [0, 0.05) is 12.1 Å². The Morgan fingerprint density at radius 3 is 2.43 bits per heavy atom. The Morgan fingerprint density at radius 2 is 1.81 bits per heavy atom. The molecule has 2 heteroatoms. The highest BCUT2D eigenvalue weighted by Crippen LogP contribution is 2.38. The molecular weight excluding hydrogens is 258 g/mol. The van der Waals surface area contributed by atoms with Crippen LogP contribution < -0.4 is 5.32 Å². The molecule has 0 aliphatic heterocycles. The van der Waals surface area contributed by atoms with Gasteiger partial charge in [0.25, 0.3) is 0 Å². The Bertz CT molecular complexity index is 409. The van der Waals surface area contributed by atoms with Crippen LogP contribution in [0.25, 0.3) is 0 Å². The molecule has 21 heavy (non-hydrogen) atoms. The van der Waals surface area contributed by atoms with Crippen LogP contribution in [-0.4, -0.2) is 23.8 Å². The van der Waals surface area contributed by atoms with Crippen molar-refractivity contribution in [3.63, 3.8) is 0 Å². The van der Waals surface area contributed by atoms with Crippen LogP contribution >= 0.6 is 0 Å². The van der Waals surface area contributed by atoms with Crippen LogP contribution in [0.3, 0.4) is 0 Å². The molecule has 0 amide bonds. The van der Waals surface area contributed by atoms with Crippen molar-refractivity contribution in [2.45, 2.75) is 65.0 Å². The van der Waals surface area contributed by atoms with Gasteiger partial charge in [0.05, 0.1) is 6.61 Å². The molecule has 2 rings (SSSR count). The maximum atomic E-state index is 9.74. The van der Waals surface area contributed by atoms with Gasteiger partial charge in [-0.15, -0.1) is 0 Å². The topological polar surface area (TPSA) is 32.3 Å². The summed E-state index contributed by atoms with van der Waals surface area (Å²) in [6.45, 7) is 7.26. The van der Waals surface area contributed by atoms with E-state index in [-0.39, 0.29) is 12.6 Å². The summed E-state index contributed by atoms with van der Waals surface area (Å²) in [7, 11) is 0. The summed E-state index contributed by atoms with van der Waals surface area (Å²) < 4.78 is 0. The molecule has 0 bridgehead atoms. The maximum Gasteiger partial charge on any atom is 0.0587 e. The molecule has 2 nitrogen and oxygen atoms in total. The van der Waals surface area contributed by atoms with E-state index in [1.54, 1.807) is 0 Å². The first-order valence-corrected chi connectivity index (χ1v) is 8.41. The summed E-state index contributed by atoms with van der Waals surface area (Å²) >= 11 is 0. The number of hydrogen-bond donors (Lipinski definition) is 2. The van der Waals surface area contributed by atoms with Gasteiger partial charge in [-0.2, -0.15) is 0 Å². The van der Waals surface area contributed by atoms with Gasteiger partial charge in [0.1, 0.15) is 0 Å². The second kappa shape index (κ2) is 7.42. The molecule has 2 unspecified atom stereocenters. The van der Waals surface area contributed by atoms with Crippen LogP contribution in [0.1, 0.15) is 52.0 Å². The summed E-state index contributed by atoms with van der Waals surface area (Å²) in [5.41, 5.74) is 1.64. The molecule has 0 radical (unpaired) electrons. The monoisotopic (exact) mass is 289 g/mol. The van der Waals surface area contributed by atoms with Crippen molar-refractivity contribution < 1.29 is 5.11 Å². The lowest BCUT2D eigenvalue weighted by Gasteiger charge is -2.42. The van der Waals surface area contributed by atoms with Gasteiger partial charge < -0.3 is 10.4 Å². The SMILES string of the molecule is CC(C)(C)C1CCCCC1N[C@@H](CO)Cc1ccccc1. The second-order valence-corrected chi connectivity index (χ2v) is 7.60.